The summed E-state index contributed by atoms with van der Waals surface area (Å²) >= 11 is -2.24. The van der Waals surface area contributed by atoms with E-state index in [2.05, 4.69) is 8.37 Å². The molecule has 0 N–H and O–H groups in total. The van der Waals surface area contributed by atoms with Crippen LogP contribution in [0.25, 0.3) is 0 Å². The van der Waals surface area contributed by atoms with E-state index in [0.29, 0.717) is 0 Å². The molecule has 0 spiro atoms. The maximum absolute atomic E-state index is 11.7. The van der Waals surface area contributed by atoms with Crippen LogP contribution in [0, 0.1) is 0 Å². The van der Waals surface area contributed by atoms with Gasteiger partial charge in [0.25, 0.3) is 0 Å². The smallest absolute Gasteiger partial charge is 0.259 e. The number of rotatable bonds is 0. The average molecular weight is 144 g/mol. The first-order valence-corrected chi connectivity index (χ1v) is 2.72. The Morgan fingerprint density at radius 2 is 2.25 bits per heavy atom. The molecule has 1 rings (SSSR count). The Hall–Kier alpha value is -0.0700. The van der Waals surface area contributed by atoms with Gasteiger partial charge in [0.1, 0.15) is 0 Å². The minimum absolute atomic E-state index is 0.917. The van der Waals surface area contributed by atoms with Crippen LogP contribution in [0.15, 0.2) is 0 Å². The van der Waals surface area contributed by atoms with Gasteiger partial charge in [-0.15, -0.1) is 0 Å². The standard InChI is InChI=1S/C2H2F2O3S/c3-2(4)1-6-8(5)7-2/h1H2. The molecule has 0 radical (unpaired) electrons. The van der Waals surface area contributed by atoms with Crippen molar-refractivity contribution in [2.75, 3.05) is 6.61 Å². The first kappa shape index (κ1) is 6.06. The maximum Gasteiger partial charge on any atom is 0.394 e. The zero-order valence-corrected chi connectivity index (χ0v) is 4.41. The number of hydrogen-bond donors (Lipinski definition) is 0. The Morgan fingerprint density at radius 1 is 1.62 bits per heavy atom. The van der Waals surface area contributed by atoms with Crippen molar-refractivity contribution in [2.24, 2.45) is 0 Å². The van der Waals surface area contributed by atoms with Gasteiger partial charge in [-0.1, -0.05) is 0 Å². The van der Waals surface area contributed by atoms with Gasteiger partial charge in [-0.2, -0.15) is 17.2 Å². The second kappa shape index (κ2) is 1.71. The molecule has 1 unspecified atom stereocenters. The van der Waals surface area contributed by atoms with E-state index in [-0.39, 0.29) is 0 Å². The highest BCUT2D eigenvalue weighted by Crippen LogP contribution is 2.23. The Morgan fingerprint density at radius 3 is 2.38 bits per heavy atom. The van der Waals surface area contributed by atoms with Crippen molar-refractivity contribution in [3.8, 4) is 0 Å². The molecule has 0 amide bonds. The highest BCUT2D eigenvalue weighted by molar-refractivity contribution is 7.75. The molecule has 1 saturated heterocycles. The number of halogens is 2. The lowest BCUT2D eigenvalue weighted by molar-refractivity contribution is -0.158. The molecular formula is C2H2F2O3S. The van der Waals surface area contributed by atoms with Crippen molar-refractivity contribution in [2.45, 2.75) is 6.11 Å². The van der Waals surface area contributed by atoms with Gasteiger partial charge in [0.15, 0.2) is 6.61 Å². The molecule has 8 heavy (non-hydrogen) atoms. The van der Waals surface area contributed by atoms with Gasteiger partial charge in [-0.05, 0) is 0 Å². The lowest BCUT2D eigenvalue weighted by atomic mass is 10.7. The largest absolute Gasteiger partial charge is 0.394 e. The maximum atomic E-state index is 11.7. The fraction of sp³-hybridized carbons (Fsp3) is 1.00. The van der Waals surface area contributed by atoms with Gasteiger partial charge in [0.05, 0.1) is 0 Å². The lowest BCUT2D eigenvalue weighted by Crippen LogP contribution is -2.16. The fourth-order valence-corrected chi connectivity index (χ4v) is 0.793. The summed E-state index contributed by atoms with van der Waals surface area (Å²) in [6.07, 6.45) is -3.36. The fourth-order valence-electron chi connectivity index (χ4n) is 0.264. The first-order valence-electron chi connectivity index (χ1n) is 1.72. The van der Waals surface area contributed by atoms with Gasteiger partial charge in [0.2, 0.25) is 0 Å². The van der Waals surface area contributed by atoms with Crippen LogP contribution in [-0.2, 0) is 19.7 Å². The summed E-state index contributed by atoms with van der Waals surface area (Å²) in [4.78, 5) is 0. The third kappa shape index (κ3) is 1.21. The monoisotopic (exact) mass is 144 g/mol. The molecule has 0 bridgehead atoms. The molecule has 48 valence electrons. The van der Waals surface area contributed by atoms with Crippen molar-refractivity contribution in [1.29, 1.82) is 0 Å². The van der Waals surface area contributed by atoms with Gasteiger partial charge in [-0.25, -0.2) is 0 Å². The van der Waals surface area contributed by atoms with Gasteiger partial charge in [-0.3, -0.25) is 4.18 Å². The summed E-state index contributed by atoms with van der Waals surface area (Å²) in [5, 5.41) is 0. The molecule has 6 heteroatoms. The predicted octanol–water partition coefficient (Wildman–Crippen LogP) is 0.205. The van der Waals surface area contributed by atoms with Gasteiger partial charge < -0.3 is 0 Å². The zero-order chi connectivity index (χ0) is 6.20. The quantitative estimate of drug-likeness (QED) is 0.487. The minimum Gasteiger partial charge on any atom is -0.259 e. The van der Waals surface area contributed by atoms with Crippen LogP contribution in [0.5, 0.6) is 0 Å². The summed E-state index contributed by atoms with van der Waals surface area (Å²) in [6.45, 7) is -0.917. The summed E-state index contributed by atoms with van der Waals surface area (Å²) in [6, 6.07) is 0. The number of alkyl halides is 2. The molecule has 0 aromatic heterocycles. The van der Waals surface area contributed by atoms with Crippen LogP contribution in [0.3, 0.4) is 0 Å². The predicted molar refractivity (Wildman–Crippen MR) is 20.1 cm³/mol. The highest BCUT2D eigenvalue weighted by atomic mass is 32.2. The summed E-state index contributed by atoms with van der Waals surface area (Å²) in [5.41, 5.74) is 0. The zero-order valence-electron chi connectivity index (χ0n) is 3.60. The molecule has 1 aliphatic heterocycles. The van der Waals surface area contributed by atoms with Crippen molar-refractivity contribution < 1.29 is 21.4 Å². The van der Waals surface area contributed by atoms with E-state index in [0.717, 1.165) is 0 Å². The normalized spacial score (nSPS) is 35.5. The van der Waals surface area contributed by atoms with Crippen molar-refractivity contribution in [3.63, 3.8) is 0 Å². The second-order valence-electron chi connectivity index (χ2n) is 1.19. The topological polar surface area (TPSA) is 35.5 Å². The Bertz CT molecular complexity index is 124. The molecule has 1 aliphatic rings. The summed E-state index contributed by atoms with van der Waals surface area (Å²) in [5.74, 6) is 0. The van der Waals surface area contributed by atoms with Crippen LogP contribution < -0.4 is 0 Å². The van der Waals surface area contributed by atoms with Gasteiger partial charge in [0, 0.05) is 0 Å². The highest BCUT2D eigenvalue weighted by Gasteiger charge is 2.41. The van der Waals surface area contributed by atoms with E-state index in [1.165, 1.54) is 0 Å². The minimum atomic E-state index is -3.36. The average Bonchev–Trinajstić information content (AvgIpc) is 1.82. The van der Waals surface area contributed by atoms with E-state index in [1.54, 1.807) is 0 Å². The summed E-state index contributed by atoms with van der Waals surface area (Å²) < 4.78 is 40.5. The van der Waals surface area contributed by atoms with E-state index in [4.69, 9.17) is 0 Å². The molecule has 0 aromatic rings. The second-order valence-corrected chi connectivity index (χ2v) is 2.00. The lowest BCUT2D eigenvalue weighted by Gasteiger charge is -1.97. The SMILES string of the molecule is O=S1OCC(F)(F)O1. The van der Waals surface area contributed by atoms with Crippen LogP contribution >= 0.6 is 0 Å². The molecule has 0 aliphatic carbocycles. The molecule has 1 fully saturated rings. The van der Waals surface area contributed by atoms with Gasteiger partial charge >= 0.3 is 17.5 Å². The van der Waals surface area contributed by atoms with Crippen molar-refractivity contribution in [3.05, 3.63) is 0 Å². The molecule has 1 heterocycles. The van der Waals surface area contributed by atoms with Crippen LogP contribution in [-0.4, -0.2) is 16.9 Å². The Labute approximate surface area is 46.4 Å². The first-order chi connectivity index (χ1) is 3.60. The van der Waals surface area contributed by atoms with E-state index >= 15 is 0 Å². The van der Waals surface area contributed by atoms with Crippen LogP contribution in [0.1, 0.15) is 0 Å². The third-order valence-corrected chi connectivity index (χ3v) is 1.20. The van der Waals surface area contributed by atoms with Crippen molar-refractivity contribution >= 4 is 11.4 Å². The molecule has 3 nitrogen and oxygen atoms in total. The van der Waals surface area contributed by atoms with E-state index in [1.807, 2.05) is 0 Å². The van der Waals surface area contributed by atoms with Crippen LogP contribution in [0.2, 0.25) is 0 Å². The van der Waals surface area contributed by atoms with E-state index in [9.17, 15) is 13.0 Å². The Balaban J connectivity index is 2.56. The summed E-state index contributed by atoms with van der Waals surface area (Å²) in [7, 11) is 0. The Kier molecular flexibility index (Phi) is 1.30. The third-order valence-electron chi connectivity index (χ3n) is 0.513. The van der Waals surface area contributed by atoms with Crippen LogP contribution in [0.4, 0.5) is 8.78 Å². The number of hydrogen-bond acceptors (Lipinski definition) is 3. The van der Waals surface area contributed by atoms with E-state index < -0.39 is 24.1 Å². The molecule has 0 aromatic carbocycles. The van der Waals surface area contributed by atoms with Crippen molar-refractivity contribution in [1.82, 2.24) is 0 Å². The molecular weight excluding hydrogens is 142 g/mol. The molecule has 1 atom stereocenters. The molecule has 0 saturated carbocycles.